The van der Waals surface area contributed by atoms with Gasteiger partial charge < -0.3 is 10.6 Å². The molecule has 2 amide bonds. The van der Waals surface area contributed by atoms with Gasteiger partial charge in [-0.25, -0.2) is 4.98 Å². The molecule has 0 saturated carbocycles. The Morgan fingerprint density at radius 1 is 1.32 bits per heavy atom. The number of carbonyl (C=O) groups is 2. The maximum Gasteiger partial charge on any atom is 0.291 e. The largest absolute Gasteiger partial charge is 0.354 e. The van der Waals surface area contributed by atoms with Crippen LogP contribution >= 0.6 is 0 Å². The van der Waals surface area contributed by atoms with Crippen molar-refractivity contribution in [3.63, 3.8) is 0 Å². The first kappa shape index (κ1) is 15.1. The van der Waals surface area contributed by atoms with Gasteiger partial charge in [-0.3, -0.25) is 14.7 Å². The molecular formula is C12H21N5O2. The number of nitrogens with zero attached hydrogens (tertiary/aromatic N) is 2. The second-order valence-electron chi connectivity index (χ2n) is 4.34. The average Bonchev–Trinajstić information content (AvgIpc) is 2.85. The van der Waals surface area contributed by atoms with Crippen LogP contribution in [0, 0.1) is 0 Å². The Balaban J connectivity index is 2.51. The van der Waals surface area contributed by atoms with Gasteiger partial charge in [0.2, 0.25) is 11.7 Å². The fourth-order valence-corrected chi connectivity index (χ4v) is 1.47. The number of aromatic nitrogens is 3. The molecule has 1 aromatic rings. The SMILES string of the molecule is CCCNC(=O)C(C)NC(=O)c1n[nH]c(CCC)n1. The van der Waals surface area contributed by atoms with Crippen molar-refractivity contribution in [2.45, 2.75) is 46.1 Å². The van der Waals surface area contributed by atoms with Crippen LogP contribution in [0.15, 0.2) is 0 Å². The fourth-order valence-electron chi connectivity index (χ4n) is 1.47. The zero-order chi connectivity index (χ0) is 14.3. The predicted octanol–water partition coefficient (Wildman–Crippen LogP) is 0.402. The Bertz CT molecular complexity index is 430. The van der Waals surface area contributed by atoms with E-state index in [0.29, 0.717) is 12.4 Å². The van der Waals surface area contributed by atoms with Crippen LogP contribution in [0.1, 0.15) is 50.1 Å². The van der Waals surface area contributed by atoms with Crippen molar-refractivity contribution in [2.24, 2.45) is 0 Å². The van der Waals surface area contributed by atoms with Gasteiger partial charge in [0.15, 0.2) is 0 Å². The number of aromatic amines is 1. The van der Waals surface area contributed by atoms with Crippen LogP contribution < -0.4 is 10.6 Å². The fraction of sp³-hybridized carbons (Fsp3) is 0.667. The quantitative estimate of drug-likeness (QED) is 0.666. The third-order valence-corrected chi connectivity index (χ3v) is 2.51. The van der Waals surface area contributed by atoms with E-state index in [9.17, 15) is 9.59 Å². The van der Waals surface area contributed by atoms with E-state index >= 15 is 0 Å². The minimum Gasteiger partial charge on any atom is -0.354 e. The molecule has 0 fully saturated rings. The van der Waals surface area contributed by atoms with Gasteiger partial charge >= 0.3 is 0 Å². The van der Waals surface area contributed by atoms with Crippen molar-refractivity contribution in [3.05, 3.63) is 11.6 Å². The van der Waals surface area contributed by atoms with E-state index in [4.69, 9.17) is 0 Å². The molecule has 19 heavy (non-hydrogen) atoms. The highest BCUT2D eigenvalue weighted by Gasteiger charge is 2.18. The average molecular weight is 267 g/mol. The number of hydrogen-bond acceptors (Lipinski definition) is 4. The summed E-state index contributed by atoms with van der Waals surface area (Å²) < 4.78 is 0. The first-order valence-corrected chi connectivity index (χ1v) is 6.58. The Hall–Kier alpha value is -1.92. The number of amides is 2. The van der Waals surface area contributed by atoms with Crippen LogP contribution in [0.4, 0.5) is 0 Å². The summed E-state index contributed by atoms with van der Waals surface area (Å²) in [7, 11) is 0. The van der Waals surface area contributed by atoms with E-state index in [1.807, 2.05) is 13.8 Å². The summed E-state index contributed by atoms with van der Waals surface area (Å²) in [6.07, 6.45) is 2.52. The van der Waals surface area contributed by atoms with Crippen molar-refractivity contribution in [3.8, 4) is 0 Å². The van der Waals surface area contributed by atoms with E-state index in [1.54, 1.807) is 6.92 Å². The molecule has 7 nitrogen and oxygen atoms in total. The monoisotopic (exact) mass is 267 g/mol. The first-order valence-electron chi connectivity index (χ1n) is 6.58. The summed E-state index contributed by atoms with van der Waals surface area (Å²) in [5.74, 6) is 0.0894. The highest BCUT2D eigenvalue weighted by Crippen LogP contribution is 1.97. The third-order valence-electron chi connectivity index (χ3n) is 2.51. The normalized spacial score (nSPS) is 11.9. The maximum atomic E-state index is 11.8. The third kappa shape index (κ3) is 4.69. The van der Waals surface area contributed by atoms with Gasteiger partial charge in [-0.15, -0.1) is 5.10 Å². The Labute approximate surface area is 112 Å². The summed E-state index contributed by atoms with van der Waals surface area (Å²) in [5.41, 5.74) is 0. The number of rotatable bonds is 7. The molecule has 0 aromatic carbocycles. The minimum absolute atomic E-state index is 0.0681. The van der Waals surface area contributed by atoms with Gasteiger partial charge in [0.05, 0.1) is 0 Å². The smallest absolute Gasteiger partial charge is 0.291 e. The molecular weight excluding hydrogens is 246 g/mol. The molecule has 0 saturated heterocycles. The molecule has 0 spiro atoms. The Morgan fingerprint density at radius 2 is 2.05 bits per heavy atom. The van der Waals surface area contributed by atoms with Gasteiger partial charge in [0, 0.05) is 13.0 Å². The van der Waals surface area contributed by atoms with Crippen molar-refractivity contribution in [2.75, 3.05) is 6.54 Å². The van der Waals surface area contributed by atoms with E-state index in [2.05, 4.69) is 25.8 Å². The highest BCUT2D eigenvalue weighted by atomic mass is 16.2. The van der Waals surface area contributed by atoms with Crippen LogP contribution in [-0.4, -0.2) is 39.6 Å². The molecule has 3 N–H and O–H groups in total. The van der Waals surface area contributed by atoms with E-state index < -0.39 is 11.9 Å². The summed E-state index contributed by atoms with van der Waals surface area (Å²) in [6.45, 7) is 6.21. The second-order valence-corrected chi connectivity index (χ2v) is 4.34. The summed E-state index contributed by atoms with van der Waals surface area (Å²) in [6, 6.07) is -0.604. The van der Waals surface area contributed by atoms with Gasteiger partial charge in [-0.2, -0.15) is 0 Å². The molecule has 1 heterocycles. The number of aryl methyl sites for hydroxylation is 1. The molecule has 1 aromatic heterocycles. The minimum atomic E-state index is -0.604. The number of carbonyl (C=O) groups excluding carboxylic acids is 2. The lowest BCUT2D eigenvalue weighted by Crippen LogP contribution is -2.45. The van der Waals surface area contributed by atoms with Gasteiger partial charge in [-0.1, -0.05) is 13.8 Å². The van der Waals surface area contributed by atoms with Crippen molar-refractivity contribution >= 4 is 11.8 Å². The molecule has 7 heteroatoms. The van der Waals surface area contributed by atoms with Crippen LogP contribution in [0.25, 0.3) is 0 Å². The molecule has 0 radical (unpaired) electrons. The van der Waals surface area contributed by atoms with Crippen LogP contribution in [0.2, 0.25) is 0 Å². The Kier molecular flexibility index (Phi) is 5.98. The molecule has 0 bridgehead atoms. The number of hydrogen-bond donors (Lipinski definition) is 3. The van der Waals surface area contributed by atoms with Gasteiger partial charge in [0.25, 0.3) is 5.91 Å². The van der Waals surface area contributed by atoms with E-state index in [0.717, 1.165) is 19.3 Å². The maximum absolute atomic E-state index is 11.8. The lowest BCUT2D eigenvalue weighted by molar-refractivity contribution is -0.122. The molecule has 0 aliphatic rings. The zero-order valence-electron chi connectivity index (χ0n) is 11.6. The zero-order valence-corrected chi connectivity index (χ0v) is 11.6. The van der Waals surface area contributed by atoms with Gasteiger partial charge in [-0.05, 0) is 19.8 Å². The predicted molar refractivity (Wildman–Crippen MR) is 70.6 cm³/mol. The summed E-state index contributed by atoms with van der Waals surface area (Å²) >= 11 is 0. The van der Waals surface area contributed by atoms with Crippen molar-refractivity contribution < 1.29 is 9.59 Å². The number of H-pyrrole nitrogens is 1. The molecule has 1 atom stereocenters. The van der Waals surface area contributed by atoms with Crippen LogP contribution in [-0.2, 0) is 11.2 Å². The standard InChI is InChI=1S/C12H21N5O2/c1-4-6-9-15-10(17-16-9)12(19)14-8(3)11(18)13-7-5-2/h8H,4-7H2,1-3H3,(H,13,18)(H,14,19)(H,15,16,17). The summed E-state index contributed by atoms with van der Waals surface area (Å²) in [5, 5.41) is 11.8. The molecule has 1 unspecified atom stereocenters. The highest BCUT2D eigenvalue weighted by molar-refractivity contribution is 5.94. The molecule has 1 rings (SSSR count). The van der Waals surface area contributed by atoms with Crippen molar-refractivity contribution in [1.29, 1.82) is 0 Å². The molecule has 0 aliphatic heterocycles. The second kappa shape index (κ2) is 7.50. The van der Waals surface area contributed by atoms with Crippen molar-refractivity contribution in [1.82, 2.24) is 25.8 Å². The molecule has 106 valence electrons. The first-order chi connectivity index (χ1) is 9.08. The van der Waals surface area contributed by atoms with Crippen LogP contribution in [0.5, 0.6) is 0 Å². The Morgan fingerprint density at radius 3 is 2.68 bits per heavy atom. The topological polar surface area (TPSA) is 99.8 Å². The lowest BCUT2D eigenvalue weighted by atomic mass is 10.3. The summed E-state index contributed by atoms with van der Waals surface area (Å²) in [4.78, 5) is 27.5. The van der Waals surface area contributed by atoms with Gasteiger partial charge in [0.1, 0.15) is 11.9 Å². The van der Waals surface area contributed by atoms with E-state index in [1.165, 1.54) is 0 Å². The van der Waals surface area contributed by atoms with Crippen LogP contribution in [0.3, 0.4) is 0 Å². The number of nitrogens with one attached hydrogen (secondary N) is 3. The lowest BCUT2D eigenvalue weighted by Gasteiger charge is -2.12. The van der Waals surface area contributed by atoms with E-state index in [-0.39, 0.29) is 11.7 Å². The molecule has 0 aliphatic carbocycles.